The van der Waals surface area contributed by atoms with Crippen molar-refractivity contribution >= 4 is 28.4 Å². The maximum absolute atomic E-state index is 12.7. The van der Waals surface area contributed by atoms with Gasteiger partial charge in [-0.25, -0.2) is 4.68 Å². The Morgan fingerprint density at radius 2 is 1.81 bits per heavy atom. The molecule has 1 fully saturated rings. The lowest BCUT2D eigenvalue weighted by Crippen LogP contribution is -2.35. The van der Waals surface area contributed by atoms with E-state index in [2.05, 4.69) is 5.10 Å². The Morgan fingerprint density at radius 1 is 1.08 bits per heavy atom. The average Bonchev–Trinajstić information content (AvgIpc) is 3.04. The Morgan fingerprint density at radius 3 is 2.50 bits per heavy atom. The van der Waals surface area contributed by atoms with Crippen LogP contribution >= 0.6 is 11.6 Å². The normalized spacial score (nSPS) is 14.6. The molecule has 1 aromatic heterocycles. The maximum Gasteiger partial charge on any atom is 0.253 e. The van der Waals surface area contributed by atoms with Gasteiger partial charge in [-0.05, 0) is 61.7 Å². The van der Waals surface area contributed by atoms with Crippen molar-refractivity contribution in [3.05, 3.63) is 53.2 Å². The molecule has 2 heterocycles. The number of carbonyl (C=O) groups is 1. The van der Waals surface area contributed by atoms with Crippen LogP contribution in [0.4, 0.5) is 0 Å². The molecular formula is C20H20ClN3O2. The first kappa shape index (κ1) is 16.9. The van der Waals surface area contributed by atoms with Crippen molar-refractivity contribution < 1.29 is 9.53 Å². The van der Waals surface area contributed by atoms with Crippen LogP contribution in [-0.2, 0) is 0 Å². The van der Waals surface area contributed by atoms with Crippen LogP contribution in [0.1, 0.15) is 29.6 Å². The molecule has 0 saturated carbocycles. The van der Waals surface area contributed by atoms with Gasteiger partial charge >= 0.3 is 0 Å². The number of likely N-dealkylation sites (tertiary alicyclic amines) is 1. The van der Waals surface area contributed by atoms with E-state index in [1.807, 2.05) is 47.4 Å². The fraction of sp³-hybridized carbons (Fsp3) is 0.300. The first-order valence-corrected chi connectivity index (χ1v) is 9.17. The Labute approximate surface area is 157 Å². The van der Waals surface area contributed by atoms with E-state index in [4.69, 9.17) is 16.3 Å². The molecule has 4 rings (SSSR count). The Bertz CT molecular complexity index is 944. The molecule has 0 atom stereocenters. The number of methoxy groups -OCH3 is 1. The van der Waals surface area contributed by atoms with E-state index in [-0.39, 0.29) is 5.91 Å². The zero-order valence-electron chi connectivity index (χ0n) is 14.6. The lowest BCUT2D eigenvalue weighted by atomic mass is 10.1. The summed E-state index contributed by atoms with van der Waals surface area (Å²) in [5, 5.41) is 5.62. The largest absolute Gasteiger partial charge is 0.497 e. The molecule has 0 unspecified atom stereocenters. The number of piperidine rings is 1. The van der Waals surface area contributed by atoms with Crippen molar-refractivity contribution in [1.29, 1.82) is 0 Å². The number of halogens is 1. The summed E-state index contributed by atoms with van der Waals surface area (Å²) in [5.74, 6) is 0.852. The standard InChI is InChI=1S/C20H20ClN3O2/c1-26-16-8-6-15(7-9-16)24-18-10-5-14(13-17(18)19(21)22-24)20(25)23-11-3-2-4-12-23/h5-10,13H,2-4,11-12H2,1H3. The van der Waals surface area contributed by atoms with E-state index in [0.717, 1.165) is 48.3 Å². The number of carbonyl (C=O) groups excluding carboxylic acids is 1. The monoisotopic (exact) mass is 369 g/mol. The summed E-state index contributed by atoms with van der Waals surface area (Å²) < 4.78 is 6.98. The van der Waals surface area contributed by atoms with Crippen molar-refractivity contribution in [2.75, 3.05) is 20.2 Å². The molecule has 1 aliphatic heterocycles. The van der Waals surface area contributed by atoms with Gasteiger partial charge < -0.3 is 9.64 Å². The van der Waals surface area contributed by atoms with Gasteiger partial charge in [0.15, 0.2) is 5.15 Å². The zero-order chi connectivity index (χ0) is 18.1. The minimum atomic E-state index is 0.0693. The highest BCUT2D eigenvalue weighted by Crippen LogP contribution is 2.28. The van der Waals surface area contributed by atoms with E-state index >= 15 is 0 Å². The number of fused-ring (bicyclic) bond motifs is 1. The number of amides is 1. The molecule has 1 amide bonds. The predicted octanol–water partition coefficient (Wildman–Crippen LogP) is 4.31. The number of benzene rings is 2. The number of hydrogen-bond acceptors (Lipinski definition) is 3. The number of nitrogens with zero attached hydrogens (tertiary/aromatic N) is 3. The van der Waals surface area contributed by atoms with Crippen LogP contribution in [-0.4, -0.2) is 40.8 Å². The second kappa shape index (κ2) is 7.00. The molecule has 0 N–H and O–H groups in total. The topological polar surface area (TPSA) is 47.4 Å². The molecule has 0 spiro atoms. The Balaban J connectivity index is 1.70. The highest BCUT2D eigenvalue weighted by Gasteiger charge is 2.20. The van der Waals surface area contributed by atoms with Crippen LogP contribution in [0.15, 0.2) is 42.5 Å². The number of ether oxygens (including phenoxy) is 1. The number of aromatic nitrogens is 2. The second-order valence-electron chi connectivity index (χ2n) is 6.49. The van der Waals surface area contributed by atoms with Crippen molar-refractivity contribution in [3.63, 3.8) is 0 Å². The van der Waals surface area contributed by atoms with Gasteiger partial charge in [0.1, 0.15) is 5.75 Å². The third-order valence-corrected chi connectivity index (χ3v) is 5.12. The molecule has 2 aromatic carbocycles. The molecule has 0 radical (unpaired) electrons. The second-order valence-corrected chi connectivity index (χ2v) is 6.84. The van der Waals surface area contributed by atoms with Crippen LogP contribution < -0.4 is 4.74 Å². The van der Waals surface area contributed by atoms with Gasteiger partial charge in [-0.1, -0.05) is 11.6 Å². The van der Waals surface area contributed by atoms with Crippen LogP contribution in [0.5, 0.6) is 5.75 Å². The van der Waals surface area contributed by atoms with Gasteiger partial charge in [-0.2, -0.15) is 5.10 Å². The van der Waals surface area contributed by atoms with E-state index in [0.29, 0.717) is 10.7 Å². The third kappa shape index (κ3) is 3.03. The van der Waals surface area contributed by atoms with Gasteiger partial charge in [0.25, 0.3) is 5.91 Å². The molecule has 26 heavy (non-hydrogen) atoms. The summed E-state index contributed by atoms with van der Waals surface area (Å²) >= 11 is 6.37. The molecule has 0 bridgehead atoms. The molecule has 0 aliphatic carbocycles. The molecule has 5 nitrogen and oxygen atoms in total. The van der Waals surface area contributed by atoms with E-state index in [9.17, 15) is 4.79 Å². The van der Waals surface area contributed by atoms with Gasteiger partial charge in [-0.15, -0.1) is 0 Å². The minimum Gasteiger partial charge on any atom is -0.497 e. The summed E-state index contributed by atoms with van der Waals surface area (Å²) in [6.07, 6.45) is 3.34. The molecule has 1 saturated heterocycles. The molecular weight excluding hydrogens is 350 g/mol. The first-order chi connectivity index (χ1) is 12.7. The average molecular weight is 370 g/mol. The van der Waals surface area contributed by atoms with Crippen LogP contribution in [0.2, 0.25) is 5.15 Å². The smallest absolute Gasteiger partial charge is 0.253 e. The quantitative estimate of drug-likeness (QED) is 0.691. The van der Waals surface area contributed by atoms with Gasteiger partial charge in [-0.3, -0.25) is 4.79 Å². The summed E-state index contributed by atoms with van der Waals surface area (Å²) in [6, 6.07) is 13.2. The molecule has 1 aliphatic rings. The molecule has 3 aromatic rings. The Hall–Kier alpha value is -2.53. The van der Waals surface area contributed by atoms with Gasteiger partial charge in [0.05, 0.1) is 18.3 Å². The first-order valence-electron chi connectivity index (χ1n) is 8.79. The van der Waals surface area contributed by atoms with Crippen molar-refractivity contribution in [2.24, 2.45) is 0 Å². The summed E-state index contributed by atoms with van der Waals surface area (Å²) in [6.45, 7) is 1.66. The van der Waals surface area contributed by atoms with E-state index in [1.165, 1.54) is 6.42 Å². The zero-order valence-corrected chi connectivity index (χ0v) is 15.4. The highest BCUT2D eigenvalue weighted by molar-refractivity contribution is 6.34. The summed E-state index contributed by atoms with van der Waals surface area (Å²) in [7, 11) is 1.63. The van der Waals surface area contributed by atoms with Crippen molar-refractivity contribution in [2.45, 2.75) is 19.3 Å². The third-order valence-electron chi connectivity index (χ3n) is 4.84. The number of rotatable bonds is 3. The minimum absolute atomic E-state index is 0.0693. The molecule has 6 heteroatoms. The number of hydrogen-bond donors (Lipinski definition) is 0. The van der Waals surface area contributed by atoms with Gasteiger partial charge in [0, 0.05) is 24.0 Å². The van der Waals surface area contributed by atoms with Crippen LogP contribution in [0.25, 0.3) is 16.6 Å². The highest BCUT2D eigenvalue weighted by atomic mass is 35.5. The fourth-order valence-electron chi connectivity index (χ4n) is 3.41. The van der Waals surface area contributed by atoms with Crippen molar-refractivity contribution in [3.8, 4) is 11.4 Å². The fourth-order valence-corrected chi connectivity index (χ4v) is 3.64. The van der Waals surface area contributed by atoms with Crippen LogP contribution in [0, 0.1) is 0 Å². The SMILES string of the molecule is COc1ccc(-n2nc(Cl)c3cc(C(=O)N4CCCCC4)ccc32)cc1. The van der Waals surface area contributed by atoms with Gasteiger partial charge in [0.2, 0.25) is 0 Å². The predicted molar refractivity (Wildman–Crippen MR) is 102 cm³/mol. The molecule has 134 valence electrons. The lowest BCUT2D eigenvalue weighted by Gasteiger charge is -2.26. The maximum atomic E-state index is 12.7. The summed E-state index contributed by atoms with van der Waals surface area (Å²) in [4.78, 5) is 14.7. The van der Waals surface area contributed by atoms with E-state index in [1.54, 1.807) is 11.8 Å². The lowest BCUT2D eigenvalue weighted by molar-refractivity contribution is 0.0724. The van der Waals surface area contributed by atoms with Crippen molar-refractivity contribution in [1.82, 2.24) is 14.7 Å². The Kier molecular flexibility index (Phi) is 4.55. The summed E-state index contributed by atoms with van der Waals surface area (Å²) in [5.41, 5.74) is 2.42. The van der Waals surface area contributed by atoms with Crippen LogP contribution in [0.3, 0.4) is 0 Å². The van der Waals surface area contributed by atoms with E-state index < -0.39 is 0 Å².